The van der Waals surface area contributed by atoms with Crippen molar-refractivity contribution in [2.24, 2.45) is 0 Å². The molecule has 3 heteroatoms. The molecule has 0 saturated heterocycles. The molecule has 2 N–H and O–H groups in total. The molecule has 0 aliphatic carbocycles. The maximum absolute atomic E-state index is 11.5. The Morgan fingerprint density at radius 2 is 1.67 bits per heavy atom. The van der Waals surface area contributed by atoms with Gasteiger partial charge in [0.25, 0.3) is 5.91 Å². The SMILES string of the molecule is CC(O)C(=O)Nc1ccccc1-c1ccccc1. The van der Waals surface area contributed by atoms with Crippen molar-refractivity contribution in [2.75, 3.05) is 5.32 Å². The average molecular weight is 241 g/mol. The minimum atomic E-state index is -1.02. The lowest BCUT2D eigenvalue weighted by Crippen LogP contribution is -2.24. The molecule has 0 fully saturated rings. The van der Waals surface area contributed by atoms with E-state index in [1.54, 1.807) is 0 Å². The molecule has 1 amide bonds. The van der Waals surface area contributed by atoms with E-state index in [1.165, 1.54) is 6.92 Å². The Hall–Kier alpha value is -2.13. The van der Waals surface area contributed by atoms with Crippen LogP contribution in [0.15, 0.2) is 54.6 Å². The number of para-hydroxylation sites is 1. The Balaban J connectivity index is 2.35. The van der Waals surface area contributed by atoms with E-state index in [1.807, 2.05) is 54.6 Å². The summed E-state index contributed by atoms with van der Waals surface area (Å²) in [5, 5.41) is 12.0. The number of benzene rings is 2. The van der Waals surface area contributed by atoms with Gasteiger partial charge in [0.15, 0.2) is 0 Å². The van der Waals surface area contributed by atoms with Crippen molar-refractivity contribution in [1.29, 1.82) is 0 Å². The lowest BCUT2D eigenvalue weighted by atomic mass is 10.0. The number of nitrogens with one attached hydrogen (secondary N) is 1. The first-order chi connectivity index (χ1) is 8.68. The van der Waals surface area contributed by atoms with Gasteiger partial charge in [-0.2, -0.15) is 0 Å². The number of anilines is 1. The summed E-state index contributed by atoms with van der Waals surface area (Å²) in [6.45, 7) is 1.44. The fraction of sp³-hybridized carbons (Fsp3) is 0.133. The molecule has 2 aromatic rings. The van der Waals surface area contributed by atoms with Crippen LogP contribution in [-0.2, 0) is 4.79 Å². The summed E-state index contributed by atoms with van der Waals surface area (Å²) < 4.78 is 0. The summed E-state index contributed by atoms with van der Waals surface area (Å²) in [5.74, 6) is -0.404. The van der Waals surface area contributed by atoms with Crippen LogP contribution in [0.2, 0.25) is 0 Å². The van der Waals surface area contributed by atoms with Crippen LogP contribution < -0.4 is 5.32 Å². The summed E-state index contributed by atoms with van der Waals surface area (Å²) in [5.41, 5.74) is 2.67. The van der Waals surface area contributed by atoms with Crippen LogP contribution in [0.4, 0.5) is 5.69 Å². The highest BCUT2D eigenvalue weighted by Gasteiger charge is 2.11. The minimum absolute atomic E-state index is 0.404. The zero-order valence-electron chi connectivity index (χ0n) is 10.1. The molecular formula is C15H15NO2. The molecule has 3 nitrogen and oxygen atoms in total. The molecule has 0 aliphatic heterocycles. The lowest BCUT2D eigenvalue weighted by molar-refractivity contribution is -0.123. The monoisotopic (exact) mass is 241 g/mol. The standard InChI is InChI=1S/C15H15NO2/c1-11(17)15(18)16-14-10-6-5-9-13(14)12-7-3-2-4-8-12/h2-11,17H,1H3,(H,16,18). The number of carbonyl (C=O) groups excluding carboxylic acids is 1. The van der Waals surface area contributed by atoms with E-state index in [0.717, 1.165) is 11.1 Å². The quantitative estimate of drug-likeness (QED) is 0.868. The molecule has 0 saturated carbocycles. The highest BCUT2D eigenvalue weighted by molar-refractivity contribution is 5.97. The second-order valence-corrected chi connectivity index (χ2v) is 4.08. The van der Waals surface area contributed by atoms with Crippen molar-refractivity contribution in [2.45, 2.75) is 13.0 Å². The maximum atomic E-state index is 11.5. The Morgan fingerprint density at radius 3 is 2.33 bits per heavy atom. The Morgan fingerprint density at radius 1 is 1.06 bits per heavy atom. The zero-order chi connectivity index (χ0) is 13.0. The van der Waals surface area contributed by atoms with Crippen molar-refractivity contribution >= 4 is 11.6 Å². The Kier molecular flexibility index (Phi) is 3.75. The first kappa shape index (κ1) is 12.3. The third kappa shape index (κ3) is 2.76. The summed E-state index contributed by atoms with van der Waals surface area (Å²) in [4.78, 5) is 11.5. The molecule has 2 aromatic carbocycles. The van der Waals surface area contributed by atoms with E-state index in [2.05, 4.69) is 5.32 Å². The summed E-state index contributed by atoms with van der Waals surface area (Å²) >= 11 is 0. The topological polar surface area (TPSA) is 49.3 Å². The number of carbonyl (C=O) groups is 1. The van der Waals surface area contributed by atoms with E-state index >= 15 is 0 Å². The first-order valence-electron chi connectivity index (χ1n) is 5.82. The third-order valence-corrected chi connectivity index (χ3v) is 2.65. The molecule has 1 unspecified atom stereocenters. The smallest absolute Gasteiger partial charge is 0.252 e. The van der Waals surface area contributed by atoms with Crippen molar-refractivity contribution in [3.8, 4) is 11.1 Å². The van der Waals surface area contributed by atoms with E-state index < -0.39 is 12.0 Å². The van der Waals surface area contributed by atoms with Gasteiger partial charge >= 0.3 is 0 Å². The molecule has 0 spiro atoms. The first-order valence-corrected chi connectivity index (χ1v) is 5.82. The van der Waals surface area contributed by atoms with E-state index in [-0.39, 0.29) is 0 Å². The molecule has 1 atom stereocenters. The largest absolute Gasteiger partial charge is 0.384 e. The average Bonchev–Trinajstić information content (AvgIpc) is 2.40. The van der Waals surface area contributed by atoms with Gasteiger partial charge in [0.2, 0.25) is 0 Å². The van der Waals surface area contributed by atoms with Crippen molar-refractivity contribution in [3.05, 3.63) is 54.6 Å². The normalized spacial score (nSPS) is 11.9. The number of amides is 1. The fourth-order valence-electron chi connectivity index (χ4n) is 1.70. The molecule has 2 rings (SSSR count). The van der Waals surface area contributed by atoms with Gasteiger partial charge in [-0.3, -0.25) is 4.79 Å². The highest BCUT2D eigenvalue weighted by atomic mass is 16.3. The molecule has 0 heterocycles. The van der Waals surface area contributed by atoms with Crippen molar-refractivity contribution < 1.29 is 9.90 Å². The number of hydrogen-bond donors (Lipinski definition) is 2. The number of aliphatic hydroxyl groups is 1. The predicted octanol–water partition coefficient (Wildman–Crippen LogP) is 2.67. The summed E-state index contributed by atoms with van der Waals surface area (Å²) in [6, 6.07) is 17.3. The van der Waals surface area contributed by atoms with Gasteiger partial charge in [-0.25, -0.2) is 0 Å². The molecule has 92 valence electrons. The Bertz CT molecular complexity index is 535. The predicted molar refractivity (Wildman–Crippen MR) is 72.2 cm³/mol. The van der Waals surface area contributed by atoms with Crippen molar-refractivity contribution in [3.63, 3.8) is 0 Å². The van der Waals surface area contributed by atoms with Gasteiger partial charge in [-0.1, -0.05) is 48.5 Å². The third-order valence-electron chi connectivity index (χ3n) is 2.65. The van der Waals surface area contributed by atoms with Crippen LogP contribution in [0.25, 0.3) is 11.1 Å². The fourth-order valence-corrected chi connectivity index (χ4v) is 1.70. The van der Waals surface area contributed by atoms with Crippen LogP contribution in [0, 0.1) is 0 Å². The summed E-state index contributed by atoms with van der Waals surface area (Å²) in [6.07, 6.45) is -1.02. The van der Waals surface area contributed by atoms with Gasteiger partial charge in [0.05, 0.1) is 0 Å². The molecule has 18 heavy (non-hydrogen) atoms. The Labute approximate surface area is 106 Å². The molecule has 0 bridgehead atoms. The summed E-state index contributed by atoms with van der Waals surface area (Å²) in [7, 11) is 0. The molecule has 0 aromatic heterocycles. The van der Waals surface area contributed by atoms with Crippen LogP contribution in [0.1, 0.15) is 6.92 Å². The van der Waals surface area contributed by atoms with E-state index in [0.29, 0.717) is 5.69 Å². The lowest BCUT2D eigenvalue weighted by Gasteiger charge is -2.12. The van der Waals surface area contributed by atoms with Crippen LogP contribution in [0.3, 0.4) is 0 Å². The van der Waals surface area contributed by atoms with Crippen LogP contribution >= 0.6 is 0 Å². The number of rotatable bonds is 3. The molecule has 0 aliphatic rings. The van der Waals surface area contributed by atoms with Gasteiger partial charge in [-0.05, 0) is 18.6 Å². The second kappa shape index (κ2) is 5.47. The molecular weight excluding hydrogens is 226 g/mol. The van der Waals surface area contributed by atoms with E-state index in [4.69, 9.17) is 0 Å². The maximum Gasteiger partial charge on any atom is 0.252 e. The second-order valence-electron chi connectivity index (χ2n) is 4.08. The minimum Gasteiger partial charge on any atom is -0.384 e. The molecule has 0 radical (unpaired) electrons. The van der Waals surface area contributed by atoms with Gasteiger partial charge in [0, 0.05) is 11.3 Å². The van der Waals surface area contributed by atoms with Gasteiger partial charge < -0.3 is 10.4 Å². The number of hydrogen-bond acceptors (Lipinski definition) is 2. The zero-order valence-corrected chi connectivity index (χ0v) is 10.1. The van der Waals surface area contributed by atoms with Gasteiger partial charge in [-0.15, -0.1) is 0 Å². The highest BCUT2D eigenvalue weighted by Crippen LogP contribution is 2.27. The van der Waals surface area contributed by atoms with Gasteiger partial charge in [0.1, 0.15) is 6.10 Å². The van der Waals surface area contributed by atoms with Crippen LogP contribution in [0.5, 0.6) is 0 Å². The van der Waals surface area contributed by atoms with Crippen molar-refractivity contribution in [1.82, 2.24) is 0 Å². The van der Waals surface area contributed by atoms with E-state index in [9.17, 15) is 9.90 Å². The van der Waals surface area contributed by atoms with Crippen LogP contribution in [-0.4, -0.2) is 17.1 Å². The number of aliphatic hydroxyl groups excluding tert-OH is 1.